The number of carbonyl (C=O) groups is 1. The zero-order chi connectivity index (χ0) is 17.4. The molecule has 0 aliphatic carbocycles. The molecule has 0 radical (unpaired) electrons. The van der Waals surface area contributed by atoms with E-state index in [4.69, 9.17) is 4.74 Å². The van der Waals surface area contributed by atoms with Gasteiger partial charge in [0.15, 0.2) is 0 Å². The molecule has 2 aliphatic rings. The van der Waals surface area contributed by atoms with Crippen molar-refractivity contribution in [3.05, 3.63) is 47.0 Å². The lowest BCUT2D eigenvalue weighted by Crippen LogP contribution is -2.59. The van der Waals surface area contributed by atoms with E-state index in [0.29, 0.717) is 19.6 Å². The molecular weight excluding hydrogens is 316 g/mol. The number of hydrogen-bond acceptors (Lipinski definition) is 4. The smallest absolute Gasteiger partial charge is 0.241 e. The molecule has 0 bridgehead atoms. The van der Waals surface area contributed by atoms with Crippen molar-refractivity contribution in [2.75, 3.05) is 18.5 Å². The predicted octanol–water partition coefficient (Wildman–Crippen LogP) is 2.19. The number of nitrogens with one attached hydrogen (secondary N) is 3. The van der Waals surface area contributed by atoms with Gasteiger partial charge in [0, 0.05) is 31.0 Å². The fourth-order valence-corrected chi connectivity index (χ4v) is 3.98. The number of carbonyl (C=O) groups excluding carboxylic acids is 1. The van der Waals surface area contributed by atoms with E-state index in [1.807, 2.05) is 19.1 Å². The van der Waals surface area contributed by atoms with Gasteiger partial charge < -0.3 is 15.0 Å². The van der Waals surface area contributed by atoms with Gasteiger partial charge in [-0.15, -0.1) is 0 Å². The Balaban J connectivity index is 1.57. The first-order valence-electron chi connectivity index (χ1n) is 8.84. The first-order valence-corrected chi connectivity index (χ1v) is 8.84. The normalized spacial score (nSPS) is 21.8. The Morgan fingerprint density at radius 1 is 1.32 bits per heavy atom. The molecule has 1 amide bonds. The average molecular weight is 340 g/mol. The SMILES string of the molecule is Cc1ccc(NC(=O)[C@@H]2Cc3[nH]cnc3C3(CCOCC3)N2)c(C)c1. The lowest BCUT2D eigenvalue weighted by molar-refractivity contribution is -0.119. The number of imidazole rings is 1. The van der Waals surface area contributed by atoms with Gasteiger partial charge in [-0.3, -0.25) is 10.1 Å². The van der Waals surface area contributed by atoms with Crippen molar-refractivity contribution >= 4 is 11.6 Å². The summed E-state index contributed by atoms with van der Waals surface area (Å²) in [5, 5.41) is 6.67. The minimum absolute atomic E-state index is 0.00179. The van der Waals surface area contributed by atoms with Crippen molar-refractivity contribution in [3.63, 3.8) is 0 Å². The molecule has 1 atom stereocenters. The number of nitrogens with zero attached hydrogens (tertiary/aromatic N) is 1. The van der Waals surface area contributed by atoms with Crippen LogP contribution < -0.4 is 10.6 Å². The average Bonchev–Trinajstić information content (AvgIpc) is 3.08. The molecule has 1 spiro atoms. The molecule has 1 aromatic carbocycles. The van der Waals surface area contributed by atoms with Gasteiger partial charge >= 0.3 is 0 Å². The highest BCUT2D eigenvalue weighted by molar-refractivity contribution is 5.96. The number of anilines is 1. The molecule has 1 fully saturated rings. The fourth-order valence-electron chi connectivity index (χ4n) is 3.98. The zero-order valence-electron chi connectivity index (χ0n) is 14.7. The molecule has 6 heteroatoms. The van der Waals surface area contributed by atoms with Gasteiger partial charge in [-0.1, -0.05) is 17.7 Å². The lowest BCUT2D eigenvalue weighted by atomic mass is 9.80. The third-order valence-electron chi connectivity index (χ3n) is 5.33. The van der Waals surface area contributed by atoms with E-state index in [1.54, 1.807) is 6.33 Å². The molecule has 1 saturated heterocycles. The van der Waals surface area contributed by atoms with E-state index in [0.717, 1.165) is 35.5 Å². The van der Waals surface area contributed by atoms with Crippen molar-refractivity contribution in [2.24, 2.45) is 0 Å². The number of aromatic amines is 1. The second-order valence-corrected chi connectivity index (χ2v) is 7.13. The molecule has 132 valence electrons. The largest absolute Gasteiger partial charge is 0.381 e. The molecule has 3 heterocycles. The minimum atomic E-state index is -0.285. The molecular formula is C19H24N4O2. The first-order chi connectivity index (χ1) is 12.1. The summed E-state index contributed by atoms with van der Waals surface area (Å²) in [5.74, 6) is -0.00179. The maximum absolute atomic E-state index is 12.9. The number of fused-ring (bicyclic) bond motifs is 2. The number of hydrogen-bond donors (Lipinski definition) is 3. The Morgan fingerprint density at radius 3 is 2.88 bits per heavy atom. The van der Waals surface area contributed by atoms with E-state index in [9.17, 15) is 4.79 Å². The van der Waals surface area contributed by atoms with Crippen LogP contribution in [0.4, 0.5) is 5.69 Å². The van der Waals surface area contributed by atoms with E-state index in [-0.39, 0.29) is 17.5 Å². The van der Waals surface area contributed by atoms with Gasteiger partial charge in [-0.05, 0) is 38.3 Å². The van der Waals surface area contributed by atoms with Crippen LogP contribution in [0, 0.1) is 13.8 Å². The molecule has 6 nitrogen and oxygen atoms in total. The topological polar surface area (TPSA) is 79.0 Å². The maximum Gasteiger partial charge on any atom is 0.241 e. The van der Waals surface area contributed by atoms with E-state index < -0.39 is 0 Å². The quantitative estimate of drug-likeness (QED) is 0.783. The Kier molecular flexibility index (Phi) is 4.09. The molecule has 4 rings (SSSR count). The Bertz CT molecular complexity index is 792. The van der Waals surface area contributed by atoms with Crippen LogP contribution >= 0.6 is 0 Å². The third kappa shape index (κ3) is 2.96. The molecule has 1 aromatic heterocycles. The highest BCUT2D eigenvalue weighted by Gasteiger charge is 2.44. The highest BCUT2D eigenvalue weighted by Crippen LogP contribution is 2.36. The number of amides is 1. The summed E-state index contributed by atoms with van der Waals surface area (Å²) >= 11 is 0. The summed E-state index contributed by atoms with van der Waals surface area (Å²) < 4.78 is 5.53. The fraction of sp³-hybridized carbons (Fsp3) is 0.474. The van der Waals surface area contributed by atoms with Crippen LogP contribution in [0.2, 0.25) is 0 Å². The number of aryl methyl sites for hydroxylation is 2. The van der Waals surface area contributed by atoms with Crippen molar-refractivity contribution in [1.29, 1.82) is 0 Å². The van der Waals surface area contributed by atoms with E-state index in [2.05, 4.69) is 33.6 Å². The van der Waals surface area contributed by atoms with Crippen molar-refractivity contribution in [3.8, 4) is 0 Å². The van der Waals surface area contributed by atoms with Crippen molar-refractivity contribution in [1.82, 2.24) is 15.3 Å². The molecule has 25 heavy (non-hydrogen) atoms. The van der Waals surface area contributed by atoms with Gasteiger partial charge in [-0.2, -0.15) is 0 Å². The van der Waals surface area contributed by atoms with Crippen LogP contribution in [0.1, 0.15) is 35.4 Å². The molecule has 0 saturated carbocycles. The summed E-state index contributed by atoms with van der Waals surface area (Å²) in [6, 6.07) is 5.78. The Labute approximate surface area is 147 Å². The molecule has 0 unspecified atom stereocenters. The summed E-state index contributed by atoms with van der Waals surface area (Å²) in [5.41, 5.74) is 4.97. The van der Waals surface area contributed by atoms with Gasteiger partial charge in [-0.25, -0.2) is 4.98 Å². The highest BCUT2D eigenvalue weighted by atomic mass is 16.5. The number of benzene rings is 1. The first kappa shape index (κ1) is 16.3. The zero-order valence-corrected chi connectivity index (χ0v) is 14.7. The van der Waals surface area contributed by atoms with Gasteiger partial charge in [0.25, 0.3) is 0 Å². The predicted molar refractivity (Wildman–Crippen MR) is 95.5 cm³/mol. The van der Waals surface area contributed by atoms with Crippen molar-refractivity contribution in [2.45, 2.75) is 44.7 Å². The van der Waals surface area contributed by atoms with Crippen LogP contribution in [-0.4, -0.2) is 35.1 Å². The molecule has 3 N–H and O–H groups in total. The monoisotopic (exact) mass is 340 g/mol. The standard InChI is InChI=1S/C19H24N4O2/c1-12-3-4-14(13(2)9-12)22-18(24)16-10-15-17(21-11-20-15)19(23-16)5-7-25-8-6-19/h3-4,9,11,16,23H,5-8,10H2,1-2H3,(H,20,21)(H,22,24)/t16-/m0/s1. The van der Waals surface area contributed by atoms with E-state index >= 15 is 0 Å². The number of aromatic nitrogens is 2. The number of H-pyrrole nitrogens is 1. The lowest BCUT2D eigenvalue weighted by Gasteiger charge is -2.43. The summed E-state index contributed by atoms with van der Waals surface area (Å²) in [6.45, 7) is 5.44. The van der Waals surface area contributed by atoms with Crippen molar-refractivity contribution < 1.29 is 9.53 Å². The van der Waals surface area contributed by atoms with E-state index in [1.165, 1.54) is 5.56 Å². The number of ether oxygens (including phenoxy) is 1. The Hall–Kier alpha value is -2.18. The van der Waals surface area contributed by atoms with Crippen LogP contribution in [0.3, 0.4) is 0 Å². The summed E-state index contributed by atoms with van der Waals surface area (Å²) in [7, 11) is 0. The Morgan fingerprint density at radius 2 is 2.12 bits per heavy atom. The van der Waals surface area contributed by atoms with Crippen LogP contribution in [0.25, 0.3) is 0 Å². The van der Waals surface area contributed by atoms with Crippen LogP contribution in [-0.2, 0) is 21.5 Å². The third-order valence-corrected chi connectivity index (χ3v) is 5.33. The summed E-state index contributed by atoms with van der Waals surface area (Å²) in [4.78, 5) is 20.7. The van der Waals surface area contributed by atoms with Crippen LogP contribution in [0.15, 0.2) is 24.5 Å². The van der Waals surface area contributed by atoms with Gasteiger partial charge in [0.05, 0.1) is 23.6 Å². The summed E-state index contributed by atoms with van der Waals surface area (Å²) in [6.07, 6.45) is 4.01. The molecule has 2 aliphatic heterocycles. The second kappa shape index (κ2) is 6.28. The minimum Gasteiger partial charge on any atom is -0.381 e. The van der Waals surface area contributed by atoms with Gasteiger partial charge in [0.1, 0.15) is 0 Å². The van der Waals surface area contributed by atoms with Gasteiger partial charge in [0.2, 0.25) is 5.91 Å². The second-order valence-electron chi connectivity index (χ2n) is 7.13. The van der Waals surface area contributed by atoms with Crippen LogP contribution in [0.5, 0.6) is 0 Å². The number of rotatable bonds is 2. The maximum atomic E-state index is 12.9. The molecule has 2 aromatic rings.